The number of methoxy groups -OCH3 is 1. The summed E-state index contributed by atoms with van der Waals surface area (Å²) in [6.07, 6.45) is -0.0838. The zero-order chi connectivity index (χ0) is 11.4. The first-order chi connectivity index (χ1) is 7.08. The standard InChI is InChI=1S/C10H9BrClFO2/c1-15-10(14)3-6-2-7(5-12)8(11)4-9(6)13/h2,4H,3,5H2,1H3. The van der Waals surface area contributed by atoms with Crippen molar-refractivity contribution >= 4 is 33.5 Å². The number of hydrogen-bond acceptors (Lipinski definition) is 2. The second-order valence-electron chi connectivity index (χ2n) is 2.92. The normalized spacial score (nSPS) is 10.1. The van der Waals surface area contributed by atoms with Crippen molar-refractivity contribution in [3.8, 4) is 0 Å². The number of rotatable bonds is 3. The fourth-order valence-corrected chi connectivity index (χ4v) is 1.95. The molecule has 2 nitrogen and oxygen atoms in total. The van der Waals surface area contributed by atoms with Crippen molar-refractivity contribution in [2.24, 2.45) is 0 Å². The molecule has 0 saturated heterocycles. The van der Waals surface area contributed by atoms with E-state index in [0.717, 1.165) is 5.56 Å². The molecule has 0 heterocycles. The number of benzene rings is 1. The number of carbonyl (C=O) groups is 1. The predicted molar refractivity (Wildman–Crippen MR) is 59.4 cm³/mol. The molecule has 0 atom stereocenters. The van der Waals surface area contributed by atoms with Crippen LogP contribution in [0.4, 0.5) is 4.39 Å². The fraction of sp³-hybridized carbons (Fsp3) is 0.300. The van der Waals surface area contributed by atoms with Crippen LogP contribution in [0.5, 0.6) is 0 Å². The third-order valence-electron chi connectivity index (χ3n) is 1.92. The van der Waals surface area contributed by atoms with Crippen molar-refractivity contribution in [1.29, 1.82) is 0 Å². The molecule has 0 spiro atoms. The van der Waals surface area contributed by atoms with Gasteiger partial charge in [-0.2, -0.15) is 0 Å². The highest BCUT2D eigenvalue weighted by molar-refractivity contribution is 9.10. The number of alkyl halides is 1. The van der Waals surface area contributed by atoms with Crippen LogP contribution in [0.3, 0.4) is 0 Å². The highest BCUT2D eigenvalue weighted by atomic mass is 79.9. The van der Waals surface area contributed by atoms with E-state index in [9.17, 15) is 9.18 Å². The second kappa shape index (κ2) is 5.47. The first kappa shape index (κ1) is 12.5. The Kier molecular flexibility index (Phi) is 4.54. The van der Waals surface area contributed by atoms with E-state index in [-0.39, 0.29) is 12.3 Å². The molecule has 0 aromatic heterocycles. The monoisotopic (exact) mass is 294 g/mol. The van der Waals surface area contributed by atoms with Crippen LogP contribution in [-0.4, -0.2) is 13.1 Å². The maximum absolute atomic E-state index is 13.4. The molecule has 1 aromatic rings. The molecular formula is C10H9BrClFO2. The molecule has 15 heavy (non-hydrogen) atoms. The van der Waals surface area contributed by atoms with Crippen LogP contribution in [0.1, 0.15) is 11.1 Å². The van der Waals surface area contributed by atoms with Crippen LogP contribution < -0.4 is 0 Å². The lowest BCUT2D eigenvalue weighted by molar-refractivity contribution is -0.139. The Hall–Kier alpha value is -0.610. The largest absolute Gasteiger partial charge is 0.469 e. The van der Waals surface area contributed by atoms with Gasteiger partial charge in [-0.25, -0.2) is 4.39 Å². The summed E-state index contributed by atoms with van der Waals surface area (Å²) in [7, 11) is 1.27. The minimum atomic E-state index is -0.475. The Morgan fingerprint density at radius 3 is 2.73 bits per heavy atom. The summed E-state index contributed by atoms with van der Waals surface area (Å²) in [5.74, 6) is -0.660. The summed E-state index contributed by atoms with van der Waals surface area (Å²) in [6, 6.07) is 2.86. The number of hydrogen-bond donors (Lipinski definition) is 0. The number of carbonyl (C=O) groups excluding carboxylic acids is 1. The van der Waals surface area contributed by atoms with Gasteiger partial charge in [-0.05, 0) is 23.3 Å². The van der Waals surface area contributed by atoms with Crippen molar-refractivity contribution in [1.82, 2.24) is 0 Å². The molecule has 1 rings (SSSR count). The van der Waals surface area contributed by atoms with Gasteiger partial charge in [0.25, 0.3) is 0 Å². The van der Waals surface area contributed by atoms with E-state index in [4.69, 9.17) is 11.6 Å². The van der Waals surface area contributed by atoms with Crippen molar-refractivity contribution in [3.63, 3.8) is 0 Å². The highest BCUT2D eigenvalue weighted by Gasteiger charge is 2.11. The van der Waals surface area contributed by atoms with Crippen LogP contribution in [0.15, 0.2) is 16.6 Å². The van der Waals surface area contributed by atoms with E-state index in [1.807, 2.05) is 0 Å². The summed E-state index contributed by atoms with van der Waals surface area (Å²) >= 11 is 8.84. The lowest BCUT2D eigenvalue weighted by atomic mass is 10.1. The Morgan fingerprint density at radius 2 is 2.20 bits per heavy atom. The van der Waals surface area contributed by atoms with Gasteiger partial charge in [0.05, 0.1) is 13.5 Å². The third-order valence-corrected chi connectivity index (χ3v) is 2.95. The molecule has 0 bridgehead atoms. The smallest absolute Gasteiger partial charge is 0.310 e. The van der Waals surface area contributed by atoms with Crippen molar-refractivity contribution in [2.45, 2.75) is 12.3 Å². The van der Waals surface area contributed by atoms with Gasteiger partial charge in [-0.1, -0.05) is 15.9 Å². The van der Waals surface area contributed by atoms with E-state index in [2.05, 4.69) is 20.7 Å². The molecule has 0 aliphatic carbocycles. The Bertz CT molecular complexity index is 382. The maximum Gasteiger partial charge on any atom is 0.310 e. The minimum absolute atomic E-state index is 0.0838. The first-order valence-electron chi connectivity index (χ1n) is 4.18. The molecule has 82 valence electrons. The highest BCUT2D eigenvalue weighted by Crippen LogP contribution is 2.23. The van der Waals surface area contributed by atoms with Gasteiger partial charge in [0, 0.05) is 10.4 Å². The van der Waals surface area contributed by atoms with Gasteiger partial charge in [-0.15, -0.1) is 11.6 Å². The third kappa shape index (κ3) is 3.18. The summed E-state index contributed by atoms with van der Waals surface area (Å²) in [6.45, 7) is 0. The SMILES string of the molecule is COC(=O)Cc1cc(CCl)c(Br)cc1F. The van der Waals surface area contributed by atoms with Gasteiger partial charge in [0.1, 0.15) is 5.82 Å². The van der Waals surface area contributed by atoms with Crippen molar-refractivity contribution < 1.29 is 13.9 Å². The van der Waals surface area contributed by atoms with E-state index >= 15 is 0 Å². The number of ether oxygens (including phenoxy) is 1. The maximum atomic E-state index is 13.4. The average molecular weight is 296 g/mol. The van der Waals surface area contributed by atoms with E-state index in [1.165, 1.54) is 13.2 Å². The summed E-state index contributed by atoms with van der Waals surface area (Å²) in [4.78, 5) is 11.0. The molecule has 0 N–H and O–H groups in total. The lowest BCUT2D eigenvalue weighted by Gasteiger charge is -2.06. The topological polar surface area (TPSA) is 26.3 Å². The van der Waals surface area contributed by atoms with E-state index < -0.39 is 11.8 Å². The van der Waals surface area contributed by atoms with Crippen LogP contribution in [0.2, 0.25) is 0 Å². The van der Waals surface area contributed by atoms with Gasteiger partial charge in [0.2, 0.25) is 0 Å². The van der Waals surface area contributed by atoms with Crippen LogP contribution in [0.25, 0.3) is 0 Å². The lowest BCUT2D eigenvalue weighted by Crippen LogP contribution is -2.06. The van der Waals surface area contributed by atoms with Gasteiger partial charge < -0.3 is 4.74 Å². The molecule has 0 amide bonds. The second-order valence-corrected chi connectivity index (χ2v) is 4.04. The van der Waals surface area contributed by atoms with Crippen LogP contribution >= 0.6 is 27.5 Å². The first-order valence-corrected chi connectivity index (χ1v) is 5.50. The number of halogens is 3. The zero-order valence-corrected chi connectivity index (χ0v) is 10.4. The van der Waals surface area contributed by atoms with E-state index in [0.29, 0.717) is 10.0 Å². The molecule has 0 saturated carbocycles. The molecule has 0 radical (unpaired) electrons. The van der Waals surface area contributed by atoms with Crippen molar-refractivity contribution in [3.05, 3.63) is 33.5 Å². The number of esters is 1. The van der Waals surface area contributed by atoms with Gasteiger partial charge >= 0.3 is 5.97 Å². The van der Waals surface area contributed by atoms with Gasteiger partial charge in [-0.3, -0.25) is 4.79 Å². The van der Waals surface area contributed by atoms with Crippen LogP contribution in [-0.2, 0) is 21.8 Å². The predicted octanol–water partition coefficient (Wildman–Crippen LogP) is 3.04. The Morgan fingerprint density at radius 1 is 1.53 bits per heavy atom. The molecule has 0 aliphatic rings. The average Bonchev–Trinajstić information content (AvgIpc) is 2.21. The van der Waals surface area contributed by atoms with Crippen molar-refractivity contribution in [2.75, 3.05) is 7.11 Å². The quantitative estimate of drug-likeness (QED) is 0.633. The molecular weight excluding hydrogens is 286 g/mol. The molecule has 1 aromatic carbocycles. The Labute approximate surface area is 101 Å². The van der Waals surface area contributed by atoms with Crippen LogP contribution in [0, 0.1) is 5.82 Å². The molecule has 5 heteroatoms. The zero-order valence-electron chi connectivity index (χ0n) is 8.02. The molecule has 0 fully saturated rings. The summed E-state index contributed by atoms with van der Waals surface area (Å²) in [5, 5.41) is 0. The Balaban J connectivity index is 3.02. The summed E-state index contributed by atoms with van der Waals surface area (Å²) in [5.41, 5.74) is 1.04. The fourth-order valence-electron chi connectivity index (χ4n) is 1.11. The molecule has 0 aliphatic heterocycles. The summed E-state index contributed by atoms with van der Waals surface area (Å²) < 4.78 is 18.4. The minimum Gasteiger partial charge on any atom is -0.469 e. The van der Waals surface area contributed by atoms with E-state index in [1.54, 1.807) is 6.07 Å². The molecule has 0 unspecified atom stereocenters. The van der Waals surface area contributed by atoms with Gasteiger partial charge in [0.15, 0.2) is 0 Å².